The molecule has 0 amide bonds. The SMILES string of the molecule is Cc1cc(OC2CCCC2)c2c(n1)N(c1ccccc1)C(Nc1ccccc1)=CC(=O)C2.[HH]. The molecule has 2 aromatic carbocycles. The highest BCUT2D eigenvalue weighted by Crippen LogP contribution is 2.39. The van der Waals surface area contributed by atoms with Crippen molar-refractivity contribution in [2.45, 2.75) is 45.1 Å². The van der Waals surface area contributed by atoms with Gasteiger partial charge in [0.15, 0.2) is 5.78 Å². The third-order valence-corrected chi connectivity index (χ3v) is 5.95. The van der Waals surface area contributed by atoms with Gasteiger partial charge in [0.25, 0.3) is 0 Å². The number of para-hydroxylation sites is 2. The van der Waals surface area contributed by atoms with Crippen molar-refractivity contribution in [1.29, 1.82) is 0 Å². The highest BCUT2D eigenvalue weighted by Gasteiger charge is 2.29. The molecule has 0 radical (unpaired) electrons. The Morgan fingerprint density at radius 2 is 1.72 bits per heavy atom. The summed E-state index contributed by atoms with van der Waals surface area (Å²) in [6, 6.07) is 21.9. The second kappa shape index (κ2) is 8.87. The summed E-state index contributed by atoms with van der Waals surface area (Å²) in [4.78, 5) is 20.0. The minimum absolute atomic E-state index is 0. The van der Waals surface area contributed by atoms with E-state index in [1.165, 1.54) is 12.8 Å². The van der Waals surface area contributed by atoms with Crippen LogP contribution < -0.4 is 15.0 Å². The molecular weight excluding hydrogens is 398 g/mol. The van der Waals surface area contributed by atoms with Crippen molar-refractivity contribution in [3.05, 3.63) is 89.9 Å². The van der Waals surface area contributed by atoms with Crippen LogP contribution in [0.4, 0.5) is 17.2 Å². The number of pyridine rings is 1. The van der Waals surface area contributed by atoms with Gasteiger partial charge < -0.3 is 10.1 Å². The lowest BCUT2D eigenvalue weighted by Crippen LogP contribution is -2.24. The van der Waals surface area contributed by atoms with Crippen molar-refractivity contribution in [1.82, 2.24) is 4.98 Å². The molecule has 32 heavy (non-hydrogen) atoms. The predicted molar refractivity (Wildman–Crippen MR) is 129 cm³/mol. The largest absolute Gasteiger partial charge is 0.490 e. The summed E-state index contributed by atoms with van der Waals surface area (Å²) in [6.45, 7) is 1.98. The number of nitrogens with zero attached hydrogens (tertiary/aromatic N) is 2. The maximum atomic E-state index is 13.1. The number of ketones is 1. The second-order valence-corrected chi connectivity index (χ2v) is 8.42. The highest BCUT2D eigenvalue weighted by molar-refractivity contribution is 5.97. The quantitative estimate of drug-likeness (QED) is 0.527. The van der Waals surface area contributed by atoms with Gasteiger partial charge in [-0.1, -0.05) is 36.4 Å². The van der Waals surface area contributed by atoms with Crippen LogP contribution in [0.5, 0.6) is 5.75 Å². The number of ether oxygens (including phenoxy) is 1. The molecule has 0 atom stereocenters. The topological polar surface area (TPSA) is 54.5 Å². The molecule has 1 aliphatic carbocycles. The number of fused-ring (bicyclic) bond motifs is 1. The van der Waals surface area contributed by atoms with Crippen LogP contribution in [-0.4, -0.2) is 16.9 Å². The molecule has 1 saturated carbocycles. The fourth-order valence-electron chi connectivity index (χ4n) is 4.45. The van der Waals surface area contributed by atoms with Crippen LogP contribution in [0.3, 0.4) is 0 Å². The number of anilines is 3. The minimum Gasteiger partial charge on any atom is -0.490 e. The van der Waals surface area contributed by atoms with Crippen molar-refractivity contribution in [2.24, 2.45) is 0 Å². The molecule has 0 spiro atoms. The van der Waals surface area contributed by atoms with E-state index in [1.54, 1.807) is 6.08 Å². The summed E-state index contributed by atoms with van der Waals surface area (Å²) in [5.74, 6) is 2.22. The molecule has 2 aliphatic rings. The Kier molecular flexibility index (Phi) is 5.63. The molecule has 0 saturated heterocycles. The number of rotatable bonds is 5. The van der Waals surface area contributed by atoms with Crippen molar-refractivity contribution in [3.8, 4) is 5.75 Å². The Bertz CT molecular complexity index is 1140. The van der Waals surface area contributed by atoms with Gasteiger partial charge in [-0.15, -0.1) is 0 Å². The van der Waals surface area contributed by atoms with Crippen molar-refractivity contribution in [3.63, 3.8) is 0 Å². The van der Waals surface area contributed by atoms with Crippen molar-refractivity contribution < 1.29 is 11.0 Å². The first-order chi connectivity index (χ1) is 15.7. The van der Waals surface area contributed by atoms with Gasteiger partial charge in [0.2, 0.25) is 0 Å². The summed E-state index contributed by atoms with van der Waals surface area (Å²) in [7, 11) is 0. The van der Waals surface area contributed by atoms with E-state index in [0.29, 0.717) is 5.82 Å². The smallest absolute Gasteiger partial charge is 0.163 e. The van der Waals surface area contributed by atoms with Crippen LogP contribution in [-0.2, 0) is 11.2 Å². The van der Waals surface area contributed by atoms with Crippen molar-refractivity contribution >= 4 is 23.0 Å². The molecule has 0 bridgehead atoms. The normalized spacial score (nSPS) is 16.3. The number of hydrogen-bond donors (Lipinski definition) is 1. The number of carbonyl (C=O) groups is 1. The van der Waals surface area contributed by atoms with E-state index >= 15 is 0 Å². The standard InChI is InChI=1S/C27H27N3O2.H2/c1-19-16-25(32-23-14-8-9-15-23)24-17-22(31)18-26(29-20-10-4-2-5-11-20)30(27(24)28-19)21-12-6-3-7-13-21;/h2-7,10-13,16,18,23,29H,8-9,14-15,17H2,1H3;1H. The zero-order chi connectivity index (χ0) is 21.9. The van der Waals surface area contributed by atoms with E-state index in [-0.39, 0.29) is 19.7 Å². The highest BCUT2D eigenvalue weighted by atomic mass is 16.5. The van der Waals surface area contributed by atoms with E-state index < -0.39 is 0 Å². The number of benzene rings is 2. The van der Waals surface area contributed by atoms with Gasteiger partial charge in [0.1, 0.15) is 17.4 Å². The zero-order valence-electron chi connectivity index (χ0n) is 18.3. The molecule has 5 heteroatoms. The average Bonchev–Trinajstić information content (AvgIpc) is 3.26. The third-order valence-electron chi connectivity index (χ3n) is 5.95. The first-order valence-electron chi connectivity index (χ1n) is 11.3. The number of hydrogen-bond acceptors (Lipinski definition) is 5. The number of carbonyl (C=O) groups excluding carboxylic acids is 1. The van der Waals surface area contributed by atoms with Crippen molar-refractivity contribution in [2.75, 3.05) is 10.2 Å². The number of nitrogens with one attached hydrogen (secondary N) is 1. The van der Waals surface area contributed by atoms with Crippen LogP contribution >= 0.6 is 0 Å². The lowest BCUT2D eigenvalue weighted by atomic mass is 10.1. The van der Waals surface area contributed by atoms with E-state index in [1.807, 2.05) is 78.6 Å². The van der Waals surface area contributed by atoms with Crippen LogP contribution in [0.15, 0.2) is 78.6 Å². The Labute approximate surface area is 190 Å². The van der Waals surface area contributed by atoms with E-state index in [2.05, 4.69) is 5.32 Å². The maximum absolute atomic E-state index is 13.1. The fraction of sp³-hybridized carbons (Fsp3) is 0.259. The number of allylic oxidation sites excluding steroid dienone is 1. The van der Waals surface area contributed by atoms with Gasteiger partial charge >= 0.3 is 0 Å². The maximum Gasteiger partial charge on any atom is 0.163 e. The summed E-state index contributed by atoms with van der Waals surface area (Å²) in [5, 5.41) is 3.44. The van der Waals surface area contributed by atoms with Crippen LogP contribution in [0.2, 0.25) is 0 Å². The molecule has 164 valence electrons. The molecule has 0 unspecified atom stereocenters. The summed E-state index contributed by atoms with van der Waals surface area (Å²) in [6.07, 6.45) is 6.65. The predicted octanol–water partition coefficient (Wildman–Crippen LogP) is 6.17. The molecule has 2 heterocycles. The van der Waals surface area contributed by atoms with Crippen LogP contribution in [0, 0.1) is 6.92 Å². The summed E-state index contributed by atoms with van der Waals surface area (Å²) < 4.78 is 6.43. The lowest BCUT2D eigenvalue weighted by Gasteiger charge is -2.29. The van der Waals surface area contributed by atoms with Crippen LogP contribution in [0.1, 0.15) is 38.4 Å². The fourth-order valence-corrected chi connectivity index (χ4v) is 4.45. The third kappa shape index (κ3) is 4.24. The first kappa shape index (κ1) is 20.3. The van der Waals surface area contributed by atoms with Crippen LogP contribution in [0.25, 0.3) is 0 Å². The van der Waals surface area contributed by atoms with E-state index in [9.17, 15) is 4.79 Å². The van der Waals surface area contributed by atoms with Gasteiger partial charge in [-0.2, -0.15) is 0 Å². The Morgan fingerprint density at radius 3 is 2.44 bits per heavy atom. The molecule has 3 aromatic rings. The summed E-state index contributed by atoms with van der Waals surface area (Å²) >= 11 is 0. The second-order valence-electron chi connectivity index (χ2n) is 8.42. The van der Waals surface area contributed by atoms with E-state index in [4.69, 9.17) is 9.72 Å². The molecule has 1 N–H and O–H groups in total. The van der Waals surface area contributed by atoms with Gasteiger partial charge in [0, 0.05) is 42.6 Å². The minimum atomic E-state index is 0. The summed E-state index contributed by atoms with van der Waals surface area (Å²) in [5.41, 5.74) is 3.55. The van der Waals surface area contributed by atoms with Gasteiger partial charge in [-0.3, -0.25) is 9.69 Å². The Hall–Kier alpha value is -3.60. The van der Waals surface area contributed by atoms with Gasteiger partial charge in [-0.05, 0) is 56.9 Å². The number of aryl methyl sites for hydroxylation is 1. The zero-order valence-corrected chi connectivity index (χ0v) is 18.3. The molecular formula is C27H29N3O2. The number of aromatic nitrogens is 1. The van der Waals surface area contributed by atoms with E-state index in [0.717, 1.165) is 47.0 Å². The monoisotopic (exact) mass is 427 g/mol. The average molecular weight is 428 g/mol. The van der Waals surface area contributed by atoms with Gasteiger partial charge in [-0.25, -0.2) is 4.98 Å². The molecule has 5 rings (SSSR count). The Balaban J connectivity index is 0.00000259. The molecule has 1 aromatic heterocycles. The van der Waals surface area contributed by atoms with Gasteiger partial charge in [0.05, 0.1) is 6.10 Å². The molecule has 1 aliphatic heterocycles. The lowest BCUT2D eigenvalue weighted by molar-refractivity contribution is -0.114. The Morgan fingerprint density at radius 1 is 1.03 bits per heavy atom. The first-order valence-corrected chi connectivity index (χ1v) is 11.3. The molecule has 1 fully saturated rings. The molecule has 5 nitrogen and oxygen atoms in total.